The van der Waals surface area contributed by atoms with Crippen LogP contribution in [0.2, 0.25) is 0 Å². The van der Waals surface area contributed by atoms with Gasteiger partial charge >= 0.3 is 6.61 Å². The maximum atomic E-state index is 12.6. The lowest BCUT2D eigenvalue weighted by molar-refractivity contribution is -0.0512. The Morgan fingerprint density at radius 3 is 2.70 bits per heavy atom. The van der Waals surface area contributed by atoms with Crippen LogP contribution in [0.4, 0.5) is 8.78 Å². The zero-order valence-corrected chi connectivity index (χ0v) is 17.0. The Morgan fingerprint density at radius 2 is 1.93 bits per heavy atom. The van der Waals surface area contributed by atoms with Crippen LogP contribution in [0.15, 0.2) is 30.6 Å². The molecule has 0 atom stereocenters. The lowest BCUT2D eigenvalue weighted by atomic mass is 10.1. The second-order valence-corrected chi connectivity index (χ2v) is 7.73. The van der Waals surface area contributed by atoms with Crippen LogP contribution in [0.5, 0.6) is 11.5 Å². The maximum absolute atomic E-state index is 12.6. The largest absolute Gasteiger partial charge is 0.493 e. The second kappa shape index (κ2) is 6.84. The minimum atomic E-state index is -2.94. The first-order chi connectivity index (χ1) is 14.4. The molecule has 0 fully saturated rings. The van der Waals surface area contributed by atoms with Gasteiger partial charge in [-0.25, -0.2) is 19.5 Å². The van der Waals surface area contributed by atoms with E-state index in [-0.39, 0.29) is 11.5 Å². The van der Waals surface area contributed by atoms with Crippen molar-refractivity contribution in [3.63, 3.8) is 0 Å². The molecule has 4 heterocycles. The average Bonchev–Trinajstić information content (AvgIpc) is 3.28. The Balaban J connectivity index is 1.68. The molecule has 0 amide bonds. The van der Waals surface area contributed by atoms with Crippen molar-refractivity contribution in [1.82, 2.24) is 24.6 Å². The van der Waals surface area contributed by atoms with E-state index in [4.69, 9.17) is 4.74 Å². The number of fused-ring (bicyclic) bond motifs is 5. The number of hydrogen-bond acceptors (Lipinski definition) is 7. The van der Waals surface area contributed by atoms with E-state index in [9.17, 15) is 8.78 Å². The summed E-state index contributed by atoms with van der Waals surface area (Å²) in [5, 5.41) is 5.51. The summed E-state index contributed by atoms with van der Waals surface area (Å²) in [4.78, 5) is 14.8. The van der Waals surface area contributed by atoms with E-state index in [1.54, 1.807) is 23.0 Å². The third-order valence-corrected chi connectivity index (χ3v) is 5.80. The van der Waals surface area contributed by atoms with E-state index in [1.165, 1.54) is 24.5 Å². The second-order valence-electron chi connectivity index (χ2n) is 6.73. The molecule has 0 saturated carbocycles. The predicted molar refractivity (Wildman–Crippen MR) is 110 cm³/mol. The number of ether oxygens (including phenoxy) is 2. The number of thiophene rings is 1. The fourth-order valence-corrected chi connectivity index (χ4v) is 4.72. The minimum absolute atomic E-state index is 0.0505. The topological polar surface area (TPSA) is 74.4 Å². The lowest BCUT2D eigenvalue weighted by Gasteiger charge is -2.10. The van der Waals surface area contributed by atoms with Gasteiger partial charge in [-0.15, -0.1) is 16.4 Å². The van der Waals surface area contributed by atoms with E-state index >= 15 is 0 Å². The molecule has 0 unspecified atom stereocenters. The van der Waals surface area contributed by atoms with Crippen molar-refractivity contribution in [2.24, 2.45) is 0 Å². The van der Waals surface area contributed by atoms with Crippen LogP contribution in [0.25, 0.3) is 37.5 Å². The molecule has 5 aromatic rings. The van der Waals surface area contributed by atoms with Crippen molar-refractivity contribution < 1.29 is 18.3 Å². The summed E-state index contributed by atoms with van der Waals surface area (Å²) in [7, 11) is 1.39. The number of rotatable bonds is 4. The number of aryl methyl sites for hydroxylation is 2. The zero-order chi connectivity index (χ0) is 21.0. The van der Waals surface area contributed by atoms with Crippen molar-refractivity contribution in [2.45, 2.75) is 20.5 Å². The number of hydrogen-bond donors (Lipinski definition) is 0. The van der Waals surface area contributed by atoms with Gasteiger partial charge in [-0.05, 0) is 43.7 Å². The number of methoxy groups -OCH3 is 1. The van der Waals surface area contributed by atoms with Gasteiger partial charge < -0.3 is 9.47 Å². The highest BCUT2D eigenvalue weighted by Gasteiger charge is 2.18. The van der Waals surface area contributed by atoms with E-state index in [0.29, 0.717) is 17.0 Å². The average molecular weight is 427 g/mol. The molecular weight excluding hydrogens is 412 g/mol. The number of aromatic nitrogens is 5. The van der Waals surface area contributed by atoms with Crippen molar-refractivity contribution in [3.05, 3.63) is 41.9 Å². The van der Waals surface area contributed by atoms with Gasteiger partial charge in [0.2, 0.25) is 0 Å². The van der Waals surface area contributed by atoms with Crippen molar-refractivity contribution in [1.29, 1.82) is 0 Å². The van der Waals surface area contributed by atoms with E-state index in [0.717, 1.165) is 31.7 Å². The maximum Gasteiger partial charge on any atom is 0.387 e. The fourth-order valence-electron chi connectivity index (χ4n) is 3.49. The van der Waals surface area contributed by atoms with Gasteiger partial charge in [-0.1, -0.05) is 0 Å². The Kier molecular flexibility index (Phi) is 4.24. The molecule has 0 saturated heterocycles. The van der Waals surface area contributed by atoms with E-state index in [2.05, 4.69) is 24.8 Å². The summed E-state index contributed by atoms with van der Waals surface area (Å²) < 4.78 is 37.3. The van der Waals surface area contributed by atoms with Crippen molar-refractivity contribution in [2.75, 3.05) is 7.11 Å². The Labute approximate surface area is 172 Å². The van der Waals surface area contributed by atoms with Crippen LogP contribution in [0.3, 0.4) is 0 Å². The van der Waals surface area contributed by atoms with Crippen molar-refractivity contribution >= 4 is 37.4 Å². The summed E-state index contributed by atoms with van der Waals surface area (Å²) in [5.41, 5.74) is 4.16. The standard InChI is InChI=1S/C20H15F2N5O2S/c1-9-6-10(2)24-19-14(9)15-16(30-19)18-25-17(26-27(18)8-23-15)11-4-5-12(29-20(21)22)13(7-11)28-3/h4-8,20H,1-3H3. The minimum Gasteiger partial charge on any atom is -0.493 e. The van der Waals surface area contributed by atoms with Crippen LogP contribution in [-0.2, 0) is 0 Å². The number of alkyl halides is 2. The number of pyridine rings is 1. The van der Waals surface area contributed by atoms with Gasteiger partial charge in [0.25, 0.3) is 0 Å². The van der Waals surface area contributed by atoms with Gasteiger partial charge in [0.15, 0.2) is 23.0 Å². The molecule has 0 aliphatic rings. The first kappa shape index (κ1) is 18.6. The molecule has 1 aromatic carbocycles. The summed E-state index contributed by atoms with van der Waals surface area (Å²) in [6, 6.07) is 6.62. The highest BCUT2D eigenvalue weighted by atomic mass is 32.1. The van der Waals surface area contributed by atoms with Gasteiger partial charge in [0, 0.05) is 16.6 Å². The zero-order valence-electron chi connectivity index (χ0n) is 16.2. The third kappa shape index (κ3) is 2.91. The highest BCUT2D eigenvalue weighted by Crippen LogP contribution is 2.37. The molecular formula is C20H15F2N5O2S. The fraction of sp³-hybridized carbons (Fsp3) is 0.200. The molecule has 0 aliphatic carbocycles. The van der Waals surface area contributed by atoms with Gasteiger partial charge in [0.1, 0.15) is 15.9 Å². The summed E-state index contributed by atoms with van der Waals surface area (Å²) >= 11 is 1.52. The van der Waals surface area contributed by atoms with Gasteiger partial charge in [0.05, 0.1) is 12.6 Å². The summed E-state index contributed by atoms with van der Waals surface area (Å²) in [6.07, 6.45) is 1.62. The van der Waals surface area contributed by atoms with Gasteiger partial charge in [-0.3, -0.25) is 0 Å². The van der Waals surface area contributed by atoms with Crippen LogP contribution >= 0.6 is 11.3 Å². The molecule has 7 nitrogen and oxygen atoms in total. The van der Waals surface area contributed by atoms with Crippen LogP contribution in [0.1, 0.15) is 11.3 Å². The molecule has 4 aromatic heterocycles. The normalized spacial score (nSPS) is 11.8. The molecule has 0 N–H and O–H groups in total. The van der Waals surface area contributed by atoms with E-state index < -0.39 is 6.61 Å². The summed E-state index contributed by atoms with van der Waals surface area (Å²) in [6.45, 7) is 1.06. The van der Waals surface area contributed by atoms with Gasteiger partial charge in [-0.2, -0.15) is 8.78 Å². The van der Waals surface area contributed by atoms with Crippen LogP contribution < -0.4 is 9.47 Å². The summed E-state index contributed by atoms with van der Waals surface area (Å²) in [5.74, 6) is 0.544. The first-order valence-electron chi connectivity index (χ1n) is 8.99. The van der Waals surface area contributed by atoms with Crippen molar-refractivity contribution in [3.8, 4) is 22.9 Å². The number of nitrogens with zero attached hydrogens (tertiary/aromatic N) is 5. The first-order valence-corrected chi connectivity index (χ1v) is 9.81. The predicted octanol–water partition coefficient (Wildman–Crippen LogP) is 4.78. The molecule has 0 radical (unpaired) electrons. The number of halogens is 2. The molecule has 10 heteroatoms. The molecule has 0 aliphatic heterocycles. The molecule has 5 rings (SSSR count). The molecule has 0 bridgehead atoms. The Morgan fingerprint density at radius 1 is 1.10 bits per heavy atom. The molecule has 30 heavy (non-hydrogen) atoms. The smallest absolute Gasteiger partial charge is 0.387 e. The highest BCUT2D eigenvalue weighted by molar-refractivity contribution is 7.26. The Bertz CT molecular complexity index is 1430. The quantitative estimate of drug-likeness (QED) is 0.411. The third-order valence-electron chi connectivity index (χ3n) is 4.73. The number of benzene rings is 1. The molecule has 0 spiro atoms. The Hall–Kier alpha value is -3.40. The SMILES string of the molecule is COc1cc(-c2nc3c4sc5nc(C)cc(C)c5c4ncn3n2)ccc1OC(F)F. The van der Waals surface area contributed by atoms with Crippen LogP contribution in [-0.4, -0.2) is 38.3 Å². The van der Waals surface area contributed by atoms with E-state index in [1.807, 2.05) is 19.9 Å². The van der Waals surface area contributed by atoms with Crippen LogP contribution in [0, 0.1) is 13.8 Å². The monoisotopic (exact) mass is 427 g/mol. The lowest BCUT2D eigenvalue weighted by Crippen LogP contribution is -2.03. The molecule has 152 valence electrons.